The van der Waals surface area contributed by atoms with Crippen molar-refractivity contribution >= 4 is 5.91 Å². The molecule has 4 rings (SSSR count). The third-order valence-corrected chi connectivity index (χ3v) is 4.72. The number of imidazole rings is 1. The van der Waals surface area contributed by atoms with Crippen molar-refractivity contribution in [2.24, 2.45) is 0 Å². The van der Waals surface area contributed by atoms with Crippen LogP contribution in [-0.2, 0) is 19.6 Å². The van der Waals surface area contributed by atoms with Gasteiger partial charge in [-0.1, -0.05) is 0 Å². The molecule has 24 heavy (non-hydrogen) atoms. The lowest BCUT2D eigenvalue weighted by Crippen LogP contribution is -2.38. The molecule has 126 valence electrons. The molecule has 7 nitrogen and oxygen atoms in total. The second-order valence-electron chi connectivity index (χ2n) is 6.59. The zero-order valence-corrected chi connectivity index (χ0v) is 14.0. The highest BCUT2D eigenvalue weighted by molar-refractivity contribution is 5.92. The van der Waals surface area contributed by atoms with E-state index < -0.39 is 0 Å². The fourth-order valence-electron chi connectivity index (χ4n) is 3.40. The highest BCUT2D eigenvalue weighted by Crippen LogP contribution is 2.17. The van der Waals surface area contributed by atoms with Gasteiger partial charge in [-0.2, -0.15) is 0 Å². The Bertz CT molecular complexity index is 732. The number of nitrogens with zero attached hydrogens (tertiary/aromatic N) is 6. The fourth-order valence-corrected chi connectivity index (χ4v) is 3.40. The van der Waals surface area contributed by atoms with Gasteiger partial charge in [-0.15, -0.1) is 0 Å². The van der Waals surface area contributed by atoms with Gasteiger partial charge in [0.25, 0.3) is 5.91 Å². The van der Waals surface area contributed by atoms with Gasteiger partial charge in [-0.3, -0.25) is 14.7 Å². The van der Waals surface area contributed by atoms with Crippen LogP contribution in [0.5, 0.6) is 0 Å². The van der Waals surface area contributed by atoms with Gasteiger partial charge >= 0.3 is 0 Å². The van der Waals surface area contributed by atoms with Gasteiger partial charge in [0.05, 0.1) is 24.1 Å². The van der Waals surface area contributed by atoms with Crippen molar-refractivity contribution in [3.05, 3.63) is 41.5 Å². The number of rotatable bonds is 3. The van der Waals surface area contributed by atoms with Crippen LogP contribution in [0.3, 0.4) is 0 Å². The minimum Gasteiger partial charge on any atom is -0.331 e. The second-order valence-corrected chi connectivity index (χ2v) is 6.59. The van der Waals surface area contributed by atoms with Crippen LogP contribution < -0.4 is 0 Å². The van der Waals surface area contributed by atoms with Crippen LogP contribution in [0.25, 0.3) is 0 Å². The van der Waals surface area contributed by atoms with Gasteiger partial charge in [0, 0.05) is 32.0 Å². The van der Waals surface area contributed by atoms with Crippen molar-refractivity contribution in [2.75, 3.05) is 19.6 Å². The number of likely N-dealkylation sites (tertiary alicyclic amines) is 1. The standard InChI is InChI=1S/C17H22N6O/c1-13-8-19-15(9-18-13)17(24)23-7-6-22-11-14(20-16(22)12-23)10-21-4-2-3-5-21/h8-9,11H,2-7,10,12H2,1H3. The van der Waals surface area contributed by atoms with Crippen molar-refractivity contribution in [3.63, 3.8) is 0 Å². The van der Waals surface area contributed by atoms with Crippen LogP contribution in [0, 0.1) is 6.92 Å². The van der Waals surface area contributed by atoms with Crippen molar-refractivity contribution in [1.82, 2.24) is 29.3 Å². The molecule has 2 aromatic rings. The normalized spacial score (nSPS) is 18.0. The Morgan fingerprint density at radius 2 is 1.96 bits per heavy atom. The summed E-state index contributed by atoms with van der Waals surface area (Å²) < 4.78 is 2.18. The minimum absolute atomic E-state index is 0.0714. The molecule has 0 N–H and O–H groups in total. The summed E-state index contributed by atoms with van der Waals surface area (Å²) in [7, 11) is 0. The molecule has 0 saturated carbocycles. The number of hydrogen-bond acceptors (Lipinski definition) is 5. The molecule has 0 unspecified atom stereocenters. The summed E-state index contributed by atoms with van der Waals surface area (Å²) in [5, 5.41) is 0. The molecule has 1 amide bonds. The van der Waals surface area contributed by atoms with Crippen LogP contribution in [0.4, 0.5) is 0 Å². The highest BCUT2D eigenvalue weighted by atomic mass is 16.2. The minimum atomic E-state index is -0.0714. The Hall–Kier alpha value is -2.28. The fraction of sp³-hybridized carbons (Fsp3) is 0.529. The van der Waals surface area contributed by atoms with Crippen molar-refractivity contribution in [1.29, 1.82) is 0 Å². The third-order valence-electron chi connectivity index (χ3n) is 4.72. The van der Waals surface area contributed by atoms with Crippen LogP contribution in [0.1, 0.15) is 40.5 Å². The Morgan fingerprint density at radius 1 is 1.12 bits per heavy atom. The predicted molar refractivity (Wildman–Crippen MR) is 88.2 cm³/mol. The van der Waals surface area contributed by atoms with Crippen molar-refractivity contribution in [3.8, 4) is 0 Å². The number of carbonyl (C=O) groups excluding carboxylic acids is 1. The number of carbonyl (C=O) groups is 1. The maximum atomic E-state index is 12.6. The molecular weight excluding hydrogens is 304 g/mol. The smallest absolute Gasteiger partial charge is 0.274 e. The lowest BCUT2D eigenvalue weighted by Gasteiger charge is -2.27. The first-order valence-electron chi connectivity index (χ1n) is 8.54. The number of aryl methyl sites for hydroxylation is 1. The number of aromatic nitrogens is 4. The monoisotopic (exact) mass is 326 g/mol. The molecule has 1 saturated heterocycles. The zero-order chi connectivity index (χ0) is 16.5. The average molecular weight is 326 g/mol. The van der Waals surface area contributed by atoms with Gasteiger partial charge in [-0.25, -0.2) is 9.97 Å². The van der Waals surface area contributed by atoms with Crippen LogP contribution in [0.15, 0.2) is 18.6 Å². The van der Waals surface area contributed by atoms with E-state index >= 15 is 0 Å². The Kier molecular flexibility index (Phi) is 4.02. The van der Waals surface area contributed by atoms with Gasteiger partial charge in [0.2, 0.25) is 0 Å². The van der Waals surface area contributed by atoms with E-state index in [2.05, 4.69) is 25.6 Å². The molecule has 0 bridgehead atoms. The molecule has 2 aliphatic heterocycles. The Morgan fingerprint density at radius 3 is 2.71 bits per heavy atom. The van der Waals surface area contributed by atoms with Gasteiger partial charge < -0.3 is 9.47 Å². The molecule has 0 atom stereocenters. The third kappa shape index (κ3) is 3.03. The van der Waals surface area contributed by atoms with E-state index in [0.29, 0.717) is 18.8 Å². The number of hydrogen-bond donors (Lipinski definition) is 0. The molecule has 1 fully saturated rings. The lowest BCUT2D eigenvalue weighted by atomic mass is 10.3. The maximum absolute atomic E-state index is 12.6. The van der Waals surface area contributed by atoms with Crippen molar-refractivity contribution in [2.45, 2.75) is 39.4 Å². The van der Waals surface area contributed by atoms with E-state index in [9.17, 15) is 4.79 Å². The second kappa shape index (κ2) is 6.32. The molecule has 0 aromatic carbocycles. The molecule has 2 aromatic heterocycles. The number of amides is 1. The zero-order valence-electron chi connectivity index (χ0n) is 14.0. The maximum Gasteiger partial charge on any atom is 0.274 e. The highest BCUT2D eigenvalue weighted by Gasteiger charge is 2.25. The molecular formula is C17H22N6O. The van der Waals surface area contributed by atoms with E-state index in [4.69, 9.17) is 4.98 Å². The SMILES string of the molecule is Cc1cnc(C(=O)N2CCn3cc(CN4CCCC4)nc3C2)cn1. The van der Waals surface area contributed by atoms with E-state index in [-0.39, 0.29) is 5.91 Å². The van der Waals surface area contributed by atoms with Gasteiger partial charge in [0.1, 0.15) is 11.5 Å². The quantitative estimate of drug-likeness (QED) is 0.849. The Labute approximate surface area is 141 Å². The van der Waals surface area contributed by atoms with Crippen molar-refractivity contribution < 1.29 is 4.79 Å². The first-order valence-corrected chi connectivity index (χ1v) is 8.54. The summed E-state index contributed by atoms with van der Waals surface area (Å²) in [5.41, 5.74) is 2.32. The average Bonchev–Trinajstić information content (AvgIpc) is 3.23. The van der Waals surface area contributed by atoms with Crippen LogP contribution in [-0.4, -0.2) is 54.9 Å². The molecule has 0 aliphatic carbocycles. The largest absolute Gasteiger partial charge is 0.331 e. The summed E-state index contributed by atoms with van der Waals surface area (Å²) in [6.45, 7) is 7.11. The topological polar surface area (TPSA) is 67.2 Å². The summed E-state index contributed by atoms with van der Waals surface area (Å²) >= 11 is 0. The molecule has 7 heteroatoms. The van der Waals surface area contributed by atoms with E-state index in [1.165, 1.54) is 25.9 Å². The van der Waals surface area contributed by atoms with Crippen LogP contribution >= 0.6 is 0 Å². The summed E-state index contributed by atoms with van der Waals surface area (Å²) in [6.07, 6.45) is 7.89. The van der Waals surface area contributed by atoms with Gasteiger partial charge in [0.15, 0.2) is 0 Å². The lowest BCUT2D eigenvalue weighted by molar-refractivity contribution is 0.0701. The summed E-state index contributed by atoms with van der Waals surface area (Å²) in [4.78, 5) is 29.9. The first-order chi connectivity index (χ1) is 11.7. The molecule has 2 aliphatic rings. The predicted octanol–water partition coefficient (Wildman–Crippen LogP) is 1.23. The van der Waals surface area contributed by atoms with Gasteiger partial charge in [-0.05, 0) is 32.9 Å². The Balaban J connectivity index is 1.46. The summed E-state index contributed by atoms with van der Waals surface area (Å²) in [5.74, 6) is 0.890. The number of fused-ring (bicyclic) bond motifs is 1. The molecule has 4 heterocycles. The molecule has 0 spiro atoms. The first kappa shape index (κ1) is 15.3. The van der Waals surface area contributed by atoms with Crippen LogP contribution in [0.2, 0.25) is 0 Å². The van der Waals surface area contributed by atoms with E-state index in [1.54, 1.807) is 17.3 Å². The molecule has 0 radical (unpaired) electrons. The van der Waals surface area contributed by atoms with E-state index in [0.717, 1.165) is 30.3 Å². The van der Waals surface area contributed by atoms with E-state index in [1.807, 2.05) is 6.92 Å². The summed E-state index contributed by atoms with van der Waals surface area (Å²) in [6, 6.07) is 0.